The largest absolute Gasteiger partial charge is 0.491 e. The highest BCUT2D eigenvalue weighted by atomic mass is 127. The summed E-state index contributed by atoms with van der Waals surface area (Å²) in [6, 6.07) is 8.04. The molecule has 0 saturated heterocycles. The molecule has 0 aliphatic rings. The lowest BCUT2D eigenvalue weighted by molar-refractivity contribution is 0.146. The third-order valence-corrected chi connectivity index (χ3v) is 3.49. The van der Waals surface area contributed by atoms with Crippen LogP contribution in [0.2, 0.25) is 0 Å². The van der Waals surface area contributed by atoms with E-state index < -0.39 is 0 Å². The first-order valence-electron chi connectivity index (χ1n) is 8.52. The summed E-state index contributed by atoms with van der Waals surface area (Å²) in [7, 11) is 3.73. The molecule has 0 radical (unpaired) electrons. The van der Waals surface area contributed by atoms with Crippen LogP contribution >= 0.6 is 24.0 Å². The minimum Gasteiger partial charge on any atom is -0.491 e. The quantitative estimate of drug-likeness (QED) is 0.180. The van der Waals surface area contributed by atoms with Crippen LogP contribution in [0, 0.1) is 0 Å². The first-order valence-corrected chi connectivity index (χ1v) is 8.52. The molecule has 0 saturated carbocycles. The Hall–Kier alpha value is -1.28. The van der Waals surface area contributed by atoms with Gasteiger partial charge in [0.1, 0.15) is 12.4 Å². The molecule has 0 heterocycles. The van der Waals surface area contributed by atoms with Gasteiger partial charge in [0.15, 0.2) is 5.96 Å². The minimum atomic E-state index is 0. The van der Waals surface area contributed by atoms with Crippen molar-refractivity contribution in [1.29, 1.82) is 0 Å². The van der Waals surface area contributed by atoms with Crippen molar-refractivity contribution < 1.29 is 9.47 Å². The highest BCUT2D eigenvalue weighted by Gasteiger charge is 2.04. The van der Waals surface area contributed by atoms with Crippen molar-refractivity contribution in [3.8, 4) is 5.75 Å². The van der Waals surface area contributed by atoms with Crippen molar-refractivity contribution in [3.63, 3.8) is 0 Å². The number of guanidine groups is 1. The monoisotopic (exact) mass is 461 g/mol. The van der Waals surface area contributed by atoms with E-state index in [-0.39, 0.29) is 24.0 Å². The topological polar surface area (TPSA) is 46.1 Å². The number of nitrogens with one attached hydrogen (secondary N) is 1. The van der Waals surface area contributed by atoms with Gasteiger partial charge in [-0.1, -0.05) is 18.2 Å². The Balaban J connectivity index is 0.00000576. The predicted octanol–water partition coefficient (Wildman–Crippen LogP) is 3.69. The summed E-state index contributed by atoms with van der Waals surface area (Å²) in [5.41, 5.74) is 1.16. The van der Waals surface area contributed by atoms with Crippen LogP contribution in [0.15, 0.2) is 41.9 Å². The van der Waals surface area contributed by atoms with Gasteiger partial charge in [-0.05, 0) is 37.5 Å². The standard InChI is InChI=1S/C19H31N3O2.HI/c1-5-7-8-13-22(3)19(20-6-2)21-16-17-9-11-18(12-10-17)24-15-14-23-4;/h5,9-12H,1,6-8,13-16H2,2-4H3,(H,20,21);1H. The predicted molar refractivity (Wildman–Crippen MR) is 116 cm³/mol. The number of ether oxygens (including phenoxy) is 2. The number of hydrogen-bond acceptors (Lipinski definition) is 3. The second-order valence-corrected chi connectivity index (χ2v) is 5.51. The molecule has 0 bridgehead atoms. The molecule has 1 N–H and O–H groups in total. The molecule has 1 aromatic rings. The van der Waals surface area contributed by atoms with Crippen molar-refractivity contribution in [2.75, 3.05) is 40.5 Å². The van der Waals surface area contributed by atoms with Gasteiger partial charge in [0, 0.05) is 27.2 Å². The van der Waals surface area contributed by atoms with E-state index in [9.17, 15) is 0 Å². The van der Waals surface area contributed by atoms with Gasteiger partial charge in [0.05, 0.1) is 13.2 Å². The summed E-state index contributed by atoms with van der Waals surface area (Å²) >= 11 is 0. The van der Waals surface area contributed by atoms with Crippen LogP contribution in [0.4, 0.5) is 0 Å². The second-order valence-electron chi connectivity index (χ2n) is 5.51. The van der Waals surface area contributed by atoms with Crippen LogP contribution in [0.1, 0.15) is 25.3 Å². The first-order chi connectivity index (χ1) is 11.7. The molecule has 0 spiro atoms. The van der Waals surface area contributed by atoms with E-state index >= 15 is 0 Å². The molecule has 0 amide bonds. The summed E-state index contributed by atoms with van der Waals surface area (Å²) in [5, 5.41) is 3.34. The van der Waals surface area contributed by atoms with Gasteiger partial charge in [-0.2, -0.15) is 0 Å². The van der Waals surface area contributed by atoms with Crippen LogP contribution < -0.4 is 10.1 Å². The molecular weight excluding hydrogens is 429 g/mol. The molecule has 0 aliphatic carbocycles. The molecular formula is C19H32IN3O2. The van der Waals surface area contributed by atoms with E-state index in [0.29, 0.717) is 19.8 Å². The molecule has 25 heavy (non-hydrogen) atoms. The Morgan fingerprint density at radius 3 is 2.60 bits per heavy atom. The highest BCUT2D eigenvalue weighted by molar-refractivity contribution is 14.0. The lowest BCUT2D eigenvalue weighted by atomic mass is 10.2. The zero-order chi connectivity index (χ0) is 17.6. The minimum absolute atomic E-state index is 0. The van der Waals surface area contributed by atoms with E-state index in [1.165, 1.54) is 0 Å². The molecule has 0 atom stereocenters. The average molecular weight is 461 g/mol. The maximum Gasteiger partial charge on any atom is 0.193 e. The maximum absolute atomic E-state index is 5.57. The fourth-order valence-corrected chi connectivity index (χ4v) is 2.15. The Bertz CT molecular complexity index is 492. The molecule has 142 valence electrons. The number of hydrogen-bond donors (Lipinski definition) is 1. The first kappa shape index (κ1) is 23.7. The van der Waals surface area contributed by atoms with Crippen LogP contribution in [0.3, 0.4) is 0 Å². The highest BCUT2D eigenvalue weighted by Crippen LogP contribution is 2.13. The third-order valence-electron chi connectivity index (χ3n) is 3.49. The zero-order valence-corrected chi connectivity index (χ0v) is 18.0. The lowest BCUT2D eigenvalue weighted by Crippen LogP contribution is -2.39. The molecule has 0 aromatic heterocycles. The average Bonchev–Trinajstić information content (AvgIpc) is 2.60. The number of nitrogens with zero attached hydrogens (tertiary/aromatic N) is 2. The summed E-state index contributed by atoms with van der Waals surface area (Å²) in [6.45, 7) is 9.47. The Morgan fingerprint density at radius 2 is 2.00 bits per heavy atom. The normalized spacial score (nSPS) is 10.8. The van der Waals surface area contributed by atoms with E-state index in [4.69, 9.17) is 14.5 Å². The number of methoxy groups -OCH3 is 1. The summed E-state index contributed by atoms with van der Waals surface area (Å²) in [6.07, 6.45) is 4.06. The summed E-state index contributed by atoms with van der Waals surface area (Å²) in [5.74, 6) is 1.79. The number of rotatable bonds is 11. The fraction of sp³-hybridized carbons (Fsp3) is 0.526. The smallest absolute Gasteiger partial charge is 0.193 e. The van der Waals surface area contributed by atoms with Gasteiger partial charge < -0.3 is 19.7 Å². The van der Waals surface area contributed by atoms with Crippen molar-refractivity contribution in [2.45, 2.75) is 26.3 Å². The van der Waals surface area contributed by atoms with Gasteiger partial charge in [-0.15, -0.1) is 30.6 Å². The van der Waals surface area contributed by atoms with E-state index in [1.807, 2.05) is 30.3 Å². The number of unbranched alkanes of at least 4 members (excludes halogenated alkanes) is 1. The van der Waals surface area contributed by atoms with Crippen LogP contribution in [0.5, 0.6) is 5.75 Å². The third kappa shape index (κ3) is 10.3. The van der Waals surface area contributed by atoms with Gasteiger partial charge in [-0.25, -0.2) is 4.99 Å². The second kappa shape index (κ2) is 15.0. The lowest BCUT2D eigenvalue weighted by Gasteiger charge is -2.21. The maximum atomic E-state index is 5.57. The molecule has 6 heteroatoms. The summed E-state index contributed by atoms with van der Waals surface area (Å²) in [4.78, 5) is 6.87. The number of benzene rings is 1. The zero-order valence-electron chi connectivity index (χ0n) is 15.7. The van der Waals surface area contributed by atoms with Crippen molar-refractivity contribution in [3.05, 3.63) is 42.5 Å². The van der Waals surface area contributed by atoms with E-state index in [1.54, 1.807) is 7.11 Å². The van der Waals surface area contributed by atoms with Crippen molar-refractivity contribution in [2.24, 2.45) is 4.99 Å². The van der Waals surface area contributed by atoms with Crippen molar-refractivity contribution in [1.82, 2.24) is 10.2 Å². The fourth-order valence-electron chi connectivity index (χ4n) is 2.15. The Morgan fingerprint density at radius 1 is 1.28 bits per heavy atom. The van der Waals surface area contributed by atoms with Gasteiger partial charge >= 0.3 is 0 Å². The van der Waals surface area contributed by atoms with Crippen molar-refractivity contribution >= 4 is 29.9 Å². The molecule has 0 fully saturated rings. The van der Waals surface area contributed by atoms with Gasteiger partial charge in [0.25, 0.3) is 0 Å². The van der Waals surface area contributed by atoms with Gasteiger partial charge in [0.2, 0.25) is 0 Å². The van der Waals surface area contributed by atoms with E-state index in [0.717, 1.165) is 43.2 Å². The Labute approximate surface area is 169 Å². The van der Waals surface area contributed by atoms with Gasteiger partial charge in [-0.3, -0.25) is 0 Å². The van der Waals surface area contributed by atoms with Crippen LogP contribution in [0.25, 0.3) is 0 Å². The molecule has 5 nitrogen and oxygen atoms in total. The number of allylic oxidation sites excluding steroid dienone is 1. The molecule has 0 unspecified atom stereocenters. The SMILES string of the molecule is C=CCCCN(C)C(=NCc1ccc(OCCOC)cc1)NCC.I. The molecule has 0 aliphatic heterocycles. The number of aliphatic imine (C=N–C) groups is 1. The van der Waals surface area contributed by atoms with Crippen LogP contribution in [-0.2, 0) is 11.3 Å². The molecule has 1 aromatic carbocycles. The Kier molecular flexibility index (Phi) is 14.2. The van der Waals surface area contributed by atoms with E-state index in [2.05, 4.69) is 30.8 Å². The van der Waals surface area contributed by atoms with Crippen LogP contribution in [-0.4, -0.2) is 51.3 Å². The molecule has 1 rings (SSSR count). The number of halogens is 1. The summed E-state index contributed by atoms with van der Waals surface area (Å²) < 4.78 is 10.5.